The molecule has 1 aromatic heterocycles. The number of nitrogens with zero attached hydrogens (tertiary/aromatic N) is 4. The van der Waals surface area contributed by atoms with Crippen LogP contribution in [0.3, 0.4) is 0 Å². The summed E-state index contributed by atoms with van der Waals surface area (Å²) < 4.78 is 12.4. The lowest BCUT2D eigenvalue weighted by Crippen LogP contribution is -2.58. The van der Waals surface area contributed by atoms with Gasteiger partial charge in [-0.15, -0.1) is 0 Å². The molecule has 1 saturated carbocycles. The highest BCUT2D eigenvalue weighted by Crippen LogP contribution is 2.62. The van der Waals surface area contributed by atoms with Crippen LogP contribution in [0, 0.1) is 35.3 Å². The molecule has 0 N–H and O–H groups in total. The minimum absolute atomic E-state index is 0.0522. The van der Waals surface area contributed by atoms with Crippen molar-refractivity contribution in [3.05, 3.63) is 116 Å². The lowest BCUT2D eigenvalue weighted by Gasteiger charge is -2.51. The van der Waals surface area contributed by atoms with Crippen LogP contribution in [0.4, 0.5) is 11.4 Å². The number of carbonyl (C=O) groups is 2. The molecular formula is C33H27ClN4O6. The Morgan fingerprint density at radius 3 is 2.45 bits per heavy atom. The van der Waals surface area contributed by atoms with E-state index in [1.165, 1.54) is 11.9 Å². The van der Waals surface area contributed by atoms with Crippen LogP contribution in [0.25, 0.3) is 0 Å². The van der Waals surface area contributed by atoms with Gasteiger partial charge in [0.2, 0.25) is 5.76 Å². The molecule has 1 fully saturated rings. The summed E-state index contributed by atoms with van der Waals surface area (Å²) in [6, 6.07) is 21.4. The lowest BCUT2D eigenvalue weighted by molar-refractivity contribution is -0.387. The molecule has 11 heteroatoms. The quantitative estimate of drug-likeness (QED) is 0.184. The van der Waals surface area contributed by atoms with Crippen LogP contribution in [0.5, 0.6) is 5.75 Å². The molecule has 222 valence electrons. The van der Waals surface area contributed by atoms with Crippen molar-refractivity contribution in [1.29, 1.82) is 0 Å². The average molecular weight is 611 g/mol. The predicted molar refractivity (Wildman–Crippen MR) is 162 cm³/mol. The molecule has 0 bridgehead atoms. The molecule has 3 aliphatic rings. The minimum atomic E-state index is -1.38. The SMILES string of the molecule is CC1=NN(c2ccccc2)C(=O)[C@]12C[C@@H]1C(=O)c3cc(C)ccc3O[C@H]1[C@H](c1onc(C)c1[N+](=O)[O-])[C@H]2c1ccc(Cl)cc1. The molecule has 0 saturated heterocycles. The van der Waals surface area contributed by atoms with E-state index in [2.05, 4.69) is 5.16 Å². The molecule has 1 aliphatic carbocycles. The molecule has 10 nitrogen and oxygen atoms in total. The number of aryl methyl sites for hydroxylation is 2. The Bertz CT molecular complexity index is 1870. The van der Waals surface area contributed by atoms with Crippen molar-refractivity contribution in [2.24, 2.45) is 16.4 Å². The van der Waals surface area contributed by atoms with Crippen molar-refractivity contribution in [2.45, 2.75) is 45.1 Å². The van der Waals surface area contributed by atoms with Crippen LogP contribution in [0.15, 0.2) is 82.4 Å². The third kappa shape index (κ3) is 4.01. The highest BCUT2D eigenvalue weighted by atomic mass is 35.5. The number of aromatic nitrogens is 1. The van der Waals surface area contributed by atoms with E-state index >= 15 is 0 Å². The fourth-order valence-electron chi connectivity index (χ4n) is 7.27. The summed E-state index contributed by atoms with van der Waals surface area (Å²) in [7, 11) is 0. The van der Waals surface area contributed by atoms with Crippen molar-refractivity contribution >= 4 is 40.4 Å². The molecule has 3 aromatic carbocycles. The van der Waals surface area contributed by atoms with Gasteiger partial charge in [0.05, 0.1) is 39.1 Å². The number of anilines is 1. The number of ether oxygens (including phenoxy) is 1. The number of Topliss-reactive ketones (excluding diaryl/α,β-unsaturated/α-hetero) is 1. The molecule has 4 aromatic rings. The first kappa shape index (κ1) is 28.0. The normalized spacial score (nSPS) is 25.8. The number of hydrogen-bond donors (Lipinski definition) is 0. The maximum absolute atomic E-state index is 14.9. The maximum atomic E-state index is 14.9. The molecule has 3 heterocycles. The van der Waals surface area contributed by atoms with E-state index < -0.39 is 34.2 Å². The third-order valence-corrected chi connectivity index (χ3v) is 9.48. The third-order valence-electron chi connectivity index (χ3n) is 9.22. The van der Waals surface area contributed by atoms with Crippen LogP contribution in [-0.2, 0) is 4.79 Å². The Balaban J connectivity index is 1.52. The number of hydrazone groups is 1. The van der Waals surface area contributed by atoms with Crippen molar-refractivity contribution in [3.63, 3.8) is 0 Å². The molecule has 5 atom stereocenters. The van der Waals surface area contributed by atoms with Crippen LogP contribution in [0.2, 0.25) is 5.02 Å². The molecule has 0 radical (unpaired) electrons. The van der Waals surface area contributed by atoms with E-state index in [9.17, 15) is 19.7 Å². The molecular weight excluding hydrogens is 584 g/mol. The number of ketones is 1. The molecule has 1 spiro atoms. The summed E-state index contributed by atoms with van der Waals surface area (Å²) in [5, 5.41) is 23.0. The predicted octanol–water partition coefficient (Wildman–Crippen LogP) is 6.79. The van der Waals surface area contributed by atoms with Crippen LogP contribution < -0.4 is 9.75 Å². The molecule has 44 heavy (non-hydrogen) atoms. The largest absolute Gasteiger partial charge is 0.488 e. The lowest BCUT2D eigenvalue weighted by atomic mass is 9.52. The first-order chi connectivity index (χ1) is 21.1. The monoisotopic (exact) mass is 610 g/mol. The molecule has 7 rings (SSSR count). The topological polar surface area (TPSA) is 128 Å². The van der Waals surface area contributed by atoms with Crippen LogP contribution >= 0.6 is 11.6 Å². The number of hydrogen-bond acceptors (Lipinski definition) is 8. The fraction of sp³-hybridized carbons (Fsp3) is 0.273. The van der Waals surface area contributed by atoms with Gasteiger partial charge in [-0.25, -0.2) is 0 Å². The van der Waals surface area contributed by atoms with Crippen LogP contribution in [0.1, 0.15) is 58.1 Å². The number of fused-ring (bicyclic) bond motifs is 2. The number of para-hydroxylation sites is 1. The highest BCUT2D eigenvalue weighted by Gasteiger charge is 2.67. The summed E-state index contributed by atoms with van der Waals surface area (Å²) >= 11 is 6.30. The zero-order valence-corrected chi connectivity index (χ0v) is 24.8. The zero-order chi connectivity index (χ0) is 30.9. The van der Waals surface area contributed by atoms with Gasteiger partial charge in [0.25, 0.3) is 5.91 Å². The van der Waals surface area contributed by atoms with E-state index in [-0.39, 0.29) is 35.3 Å². The number of halogens is 1. The Morgan fingerprint density at radius 2 is 1.75 bits per heavy atom. The molecule has 1 amide bonds. The number of carbonyl (C=O) groups excluding carboxylic acids is 2. The van der Waals surface area contributed by atoms with Gasteiger partial charge < -0.3 is 9.26 Å². The summed E-state index contributed by atoms with van der Waals surface area (Å²) in [4.78, 5) is 41.2. The van der Waals surface area contributed by atoms with Gasteiger partial charge in [0, 0.05) is 10.9 Å². The summed E-state index contributed by atoms with van der Waals surface area (Å²) in [6.45, 7) is 5.15. The van der Waals surface area contributed by atoms with E-state index in [1.807, 2.05) is 31.2 Å². The van der Waals surface area contributed by atoms with Crippen molar-refractivity contribution in [1.82, 2.24) is 5.16 Å². The van der Waals surface area contributed by atoms with E-state index in [1.54, 1.807) is 55.5 Å². The first-order valence-electron chi connectivity index (χ1n) is 14.2. The minimum Gasteiger partial charge on any atom is -0.488 e. The Kier molecular flexibility index (Phi) is 6.44. The first-order valence-corrected chi connectivity index (χ1v) is 14.6. The van der Waals surface area contributed by atoms with Crippen molar-refractivity contribution in [2.75, 3.05) is 5.01 Å². The zero-order valence-electron chi connectivity index (χ0n) is 24.1. The molecule has 2 aliphatic heterocycles. The van der Waals surface area contributed by atoms with Gasteiger partial charge in [-0.3, -0.25) is 19.7 Å². The van der Waals surface area contributed by atoms with E-state index in [4.69, 9.17) is 26.0 Å². The van der Waals surface area contributed by atoms with Gasteiger partial charge in [0.15, 0.2) is 11.5 Å². The second-order valence-electron chi connectivity index (χ2n) is 11.7. The second kappa shape index (κ2) is 10.1. The number of nitro groups is 1. The summed E-state index contributed by atoms with van der Waals surface area (Å²) in [5.41, 5.74) is 1.40. The Hall–Kier alpha value is -4.83. The fourth-order valence-corrected chi connectivity index (χ4v) is 7.40. The van der Waals surface area contributed by atoms with Crippen molar-refractivity contribution in [3.8, 4) is 5.75 Å². The Morgan fingerprint density at radius 1 is 1.02 bits per heavy atom. The second-order valence-corrected chi connectivity index (χ2v) is 12.1. The van der Waals surface area contributed by atoms with Crippen molar-refractivity contribution < 1.29 is 23.8 Å². The van der Waals surface area contributed by atoms with Gasteiger partial charge in [-0.1, -0.05) is 58.7 Å². The molecule has 0 unspecified atom stereocenters. The van der Waals surface area contributed by atoms with Gasteiger partial charge in [0.1, 0.15) is 11.9 Å². The maximum Gasteiger partial charge on any atom is 0.334 e. The Labute approximate surface area is 257 Å². The van der Waals surface area contributed by atoms with Gasteiger partial charge in [-0.05, 0) is 69.2 Å². The average Bonchev–Trinajstić information content (AvgIpc) is 3.51. The van der Waals surface area contributed by atoms with E-state index in [0.717, 1.165) is 5.56 Å². The summed E-state index contributed by atoms with van der Waals surface area (Å²) in [6.07, 6.45) is -0.826. The van der Waals surface area contributed by atoms with Crippen LogP contribution in [-0.4, -0.2) is 33.6 Å². The smallest absolute Gasteiger partial charge is 0.334 e. The van der Waals surface area contributed by atoms with E-state index in [0.29, 0.717) is 33.3 Å². The van der Waals surface area contributed by atoms with Gasteiger partial charge >= 0.3 is 5.69 Å². The number of amides is 1. The number of rotatable bonds is 4. The van der Waals surface area contributed by atoms with Gasteiger partial charge in [-0.2, -0.15) is 10.1 Å². The standard InChI is InChI=1S/C33H27ClN4O6/c1-17-9-14-25-23(15-17)29(39)24-16-33(19(3)35-37(32(33)40)22-7-5-4-6-8-22)27(20-10-12-21(34)13-11-20)26(30(24)43-25)31-28(38(41)42)18(2)36-44-31/h4-15,24,26-27,30H,16H2,1-3H3/t24-,26-,27-,30-,33-/m1/s1. The highest BCUT2D eigenvalue weighted by molar-refractivity contribution is 6.30. The summed E-state index contributed by atoms with van der Waals surface area (Å²) in [5.74, 6) is -2.82. The number of benzene rings is 3.